The smallest absolute Gasteiger partial charge is 0.305 e. The van der Waals surface area contributed by atoms with Gasteiger partial charge in [-0.25, -0.2) is 0 Å². The molecule has 0 spiro atoms. The van der Waals surface area contributed by atoms with Crippen LogP contribution in [-0.2, 0) is 11.2 Å². The van der Waals surface area contributed by atoms with Crippen LogP contribution in [0.4, 0.5) is 0 Å². The van der Waals surface area contributed by atoms with Crippen molar-refractivity contribution in [2.75, 3.05) is 0 Å². The second-order valence-electron chi connectivity index (χ2n) is 5.60. The molecule has 1 aromatic heterocycles. The Morgan fingerprint density at radius 2 is 2.05 bits per heavy atom. The van der Waals surface area contributed by atoms with E-state index in [1.807, 2.05) is 27.7 Å². The maximum absolute atomic E-state index is 12.2. The van der Waals surface area contributed by atoms with Crippen molar-refractivity contribution < 1.29 is 19.1 Å². The molecule has 5 heteroatoms. The Hall–Kier alpha value is -1.78. The fourth-order valence-corrected chi connectivity index (χ4v) is 1.80. The zero-order chi connectivity index (χ0) is 14.6. The number of amides is 1. The lowest BCUT2D eigenvalue weighted by molar-refractivity contribution is -0.138. The minimum atomic E-state index is -0.928. The molecular formula is C14H21NO4. The van der Waals surface area contributed by atoms with Crippen LogP contribution in [0.1, 0.15) is 50.2 Å². The molecular weight excluding hydrogens is 246 g/mol. The number of carbonyl (C=O) groups excluding carboxylic acids is 1. The summed E-state index contributed by atoms with van der Waals surface area (Å²) >= 11 is 0. The van der Waals surface area contributed by atoms with Gasteiger partial charge in [0.2, 0.25) is 0 Å². The van der Waals surface area contributed by atoms with Gasteiger partial charge < -0.3 is 14.8 Å². The number of hydrogen-bond donors (Lipinski definition) is 2. The van der Waals surface area contributed by atoms with Crippen LogP contribution in [0, 0.1) is 5.41 Å². The summed E-state index contributed by atoms with van der Waals surface area (Å²) in [6, 6.07) is 1.17. The Morgan fingerprint density at radius 1 is 1.42 bits per heavy atom. The first-order valence-electron chi connectivity index (χ1n) is 6.34. The predicted octanol–water partition coefficient (Wildman–Crippen LogP) is 2.46. The van der Waals surface area contributed by atoms with E-state index in [2.05, 4.69) is 5.32 Å². The van der Waals surface area contributed by atoms with Crippen molar-refractivity contribution in [3.8, 4) is 0 Å². The summed E-state index contributed by atoms with van der Waals surface area (Å²) in [5.74, 6) is -0.601. The van der Waals surface area contributed by atoms with Gasteiger partial charge >= 0.3 is 5.97 Å². The third kappa shape index (κ3) is 4.12. The Kier molecular flexibility index (Phi) is 4.75. The summed E-state index contributed by atoms with van der Waals surface area (Å²) in [4.78, 5) is 23.0. The standard InChI is InChI=1S/C14H21NO4/c1-5-10-9(6-7-19-10)13(18)15-11(8-12(16)17)14(2,3)4/h6-7,11H,5,8H2,1-4H3,(H,15,18)(H,16,17). The molecule has 0 aliphatic carbocycles. The van der Waals surface area contributed by atoms with E-state index in [0.29, 0.717) is 17.7 Å². The highest BCUT2D eigenvalue weighted by Gasteiger charge is 2.29. The van der Waals surface area contributed by atoms with Gasteiger partial charge in [0.05, 0.1) is 18.2 Å². The summed E-state index contributed by atoms with van der Waals surface area (Å²) in [7, 11) is 0. The van der Waals surface area contributed by atoms with Gasteiger partial charge in [0.1, 0.15) is 5.76 Å². The average Bonchev–Trinajstić information content (AvgIpc) is 2.74. The van der Waals surface area contributed by atoms with Gasteiger partial charge in [-0.15, -0.1) is 0 Å². The Labute approximate surface area is 113 Å². The van der Waals surface area contributed by atoms with Crippen molar-refractivity contribution in [3.63, 3.8) is 0 Å². The number of nitrogens with one attached hydrogen (secondary N) is 1. The number of hydrogen-bond acceptors (Lipinski definition) is 3. The van der Waals surface area contributed by atoms with E-state index in [1.54, 1.807) is 6.07 Å². The lowest BCUT2D eigenvalue weighted by atomic mass is 9.84. The molecule has 0 fully saturated rings. The molecule has 5 nitrogen and oxygen atoms in total. The molecule has 0 bridgehead atoms. The van der Waals surface area contributed by atoms with E-state index >= 15 is 0 Å². The van der Waals surface area contributed by atoms with Gasteiger partial charge in [0, 0.05) is 12.5 Å². The first-order chi connectivity index (χ1) is 8.75. The normalized spacial score (nSPS) is 13.1. The van der Waals surface area contributed by atoms with E-state index < -0.39 is 12.0 Å². The van der Waals surface area contributed by atoms with E-state index in [0.717, 1.165) is 0 Å². The van der Waals surface area contributed by atoms with Gasteiger partial charge in [0.15, 0.2) is 0 Å². The lowest BCUT2D eigenvalue weighted by Gasteiger charge is -2.30. The van der Waals surface area contributed by atoms with Crippen LogP contribution in [0.25, 0.3) is 0 Å². The van der Waals surface area contributed by atoms with Gasteiger partial charge in [-0.2, -0.15) is 0 Å². The quantitative estimate of drug-likeness (QED) is 0.858. The molecule has 0 radical (unpaired) electrons. The molecule has 0 aliphatic heterocycles. The first kappa shape index (κ1) is 15.3. The molecule has 1 rings (SSSR count). The molecule has 1 amide bonds. The number of carbonyl (C=O) groups is 2. The molecule has 1 heterocycles. The van der Waals surface area contributed by atoms with Crippen LogP contribution in [0.5, 0.6) is 0 Å². The number of aliphatic carboxylic acids is 1. The number of carboxylic acid groups (broad SMARTS) is 1. The fourth-order valence-electron chi connectivity index (χ4n) is 1.80. The van der Waals surface area contributed by atoms with Crippen LogP contribution in [0.15, 0.2) is 16.7 Å². The summed E-state index contributed by atoms with van der Waals surface area (Å²) in [6.45, 7) is 7.60. The van der Waals surface area contributed by atoms with Crippen molar-refractivity contribution >= 4 is 11.9 Å². The fraction of sp³-hybridized carbons (Fsp3) is 0.571. The van der Waals surface area contributed by atoms with Crippen LogP contribution in [0.2, 0.25) is 0 Å². The molecule has 19 heavy (non-hydrogen) atoms. The molecule has 0 saturated carbocycles. The highest BCUT2D eigenvalue weighted by atomic mass is 16.4. The number of furan rings is 1. The summed E-state index contributed by atoms with van der Waals surface area (Å²) in [5, 5.41) is 11.7. The average molecular weight is 267 g/mol. The van der Waals surface area contributed by atoms with Crippen LogP contribution < -0.4 is 5.32 Å². The van der Waals surface area contributed by atoms with Crippen molar-refractivity contribution in [1.29, 1.82) is 0 Å². The third-order valence-electron chi connectivity index (χ3n) is 3.04. The van der Waals surface area contributed by atoms with E-state index in [-0.39, 0.29) is 17.7 Å². The zero-order valence-electron chi connectivity index (χ0n) is 11.8. The van der Waals surface area contributed by atoms with Gasteiger partial charge in [0.25, 0.3) is 5.91 Å². The SMILES string of the molecule is CCc1occc1C(=O)NC(CC(=O)O)C(C)(C)C. The molecule has 1 unspecified atom stereocenters. The molecule has 0 aromatic carbocycles. The summed E-state index contributed by atoms with van der Waals surface area (Å²) in [5.41, 5.74) is 0.145. The topological polar surface area (TPSA) is 79.5 Å². The van der Waals surface area contributed by atoms with Crippen LogP contribution >= 0.6 is 0 Å². The van der Waals surface area contributed by atoms with E-state index in [1.165, 1.54) is 6.26 Å². The Bertz CT molecular complexity index is 456. The third-order valence-corrected chi connectivity index (χ3v) is 3.04. The maximum Gasteiger partial charge on any atom is 0.305 e. The van der Waals surface area contributed by atoms with E-state index in [4.69, 9.17) is 9.52 Å². The predicted molar refractivity (Wildman–Crippen MR) is 71.0 cm³/mol. The molecule has 106 valence electrons. The zero-order valence-corrected chi connectivity index (χ0v) is 11.8. The number of aryl methyl sites for hydroxylation is 1. The molecule has 0 aliphatic rings. The number of rotatable bonds is 5. The lowest BCUT2D eigenvalue weighted by Crippen LogP contribution is -2.45. The summed E-state index contributed by atoms with van der Waals surface area (Å²) in [6.07, 6.45) is 1.99. The monoisotopic (exact) mass is 267 g/mol. The van der Waals surface area contributed by atoms with Crippen LogP contribution in [-0.4, -0.2) is 23.0 Å². The van der Waals surface area contributed by atoms with Crippen molar-refractivity contribution in [3.05, 3.63) is 23.7 Å². The second-order valence-corrected chi connectivity index (χ2v) is 5.60. The first-order valence-corrected chi connectivity index (χ1v) is 6.34. The minimum absolute atomic E-state index is 0.103. The van der Waals surface area contributed by atoms with E-state index in [9.17, 15) is 9.59 Å². The number of carboxylic acids is 1. The van der Waals surface area contributed by atoms with Crippen molar-refractivity contribution in [2.45, 2.75) is 46.6 Å². The van der Waals surface area contributed by atoms with Crippen molar-refractivity contribution in [2.24, 2.45) is 5.41 Å². The Balaban J connectivity index is 2.85. The van der Waals surface area contributed by atoms with Gasteiger partial charge in [-0.3, -0.25) is 9.59 Å². The molecule has 2 N–H and O–H groups in total. The van der Waals surface area contributed by atoms with Crippen LogP contribution in [0.3, 0.4) is 0 Å². The van der Waals surface area contributed by atoms with Gasteiger partial charge in [-0.1, -0.05) is 27.7 Å². The largest absolute Gasteiger partial charge is 0.481 e. The highest BCUT2D eigenvalue weighted by Crippen LogP contribution is 2.23. The highest BCUT2D eigenvalue weighted by molar-refractivity contribution is 5.95. The van der Waals surface area contributed by atoms with Gasteiger partial charge in [-0.05, 0) is 11.5 Å². The second kappa shape index (κ2) is 5.91. The maximum atomic E-state index is 12.2. The minimum Gasteiger partial charge on any atom is -0.481 e. The summed E-state index contributed by atoms with van der Waals surface area (Å²) < 4.78 is 5.21. The molecule has 0 saturated heterocycles. The Morgan fingerprint density at radius 3 is 2.53 bits per heavy atom. The van der Waals surface area contributed by atoms with Crippen molar-refractivity contribution in [1.82, 2.24) is 5.32 Å². The molecule has 1 aromatic rings. The molecule has 1 atom stereocenters.